The molecule has 0 aromatic heterocycles. The molecule has 0 N–H and O–H groups in total. The number of hydrogen-bond donors (Lipinski definition) is 0. The van der Waals surface area contributed by atoms with Gasteiger partial charge in [0.25, 0.3) is 0 Å². The van der Waals surface area contributed by atoms with E-state index in [1.165, 1.54) is 27.8 Å². The molecule has 0 radical (unpaired) electrons. The van der Waals surface area contributed by atoms with Gasteiger partial charge in [0.2, 0.25) is 0 Å². The highest BCUT2D eigenvalue weighted by Crippen LogP contribution is 2.49. The third-order valence-electron chi connectivity index (χ3n) is 6.72. The standard InChI is InChI=1S/C32H33O2P/c1-4-32(2,35-30-18-12-11-17-27(30)23-33)29-22-26(19-24-13-7-5-8-14-24)21-28(31(29)34-3)20-25-15-9-6-10-16-25/h5-18,21-23,35H,4,19-20H2,1-3H3. The number of ether oxygens (including phenoxy) is 1. The van der Waals surface area contributed by atoms with Gasteiger partial charge >= 0.3 is 0 Å². The smallest absolute Gasteiger partial charge is 0.150 e. The van der Waals surface area contributed by atoms with Crippen molar-refractivity contribution in [2.45, 2.75) is 38.3 Å². The van der Waals surface area contributed by atoms with Crippen molar-refractivity contribution in [3.63, 3.8) is 0 Å². The van der Waals surface area contributed by atoms with Crippen LogP contribution in [0.4, 0.5) is 0 Å². The number of aldehydes is 1. The molecule has 0 bridgehead atoms. The Bertz CT molecular complexity index is 1270. The summed E-state index contributed by atoms with van der Waals surface area (Å²) < 4.78 is 6.13. The van der Waals surface area contributed by atoms with Crippen LogP contribution < -0.4 is 10.0 Å². The van der Waals surface area contributed by atoms with Crippen LogP contribution >= 0.6 is 8.58 Å². The lowest BCUT2D eigenvalue weighted by molar-refractivity contribution is 0.112. The van der Waals surface area contributed by atoms with Gasteiger partial charge in [-0.2, -0.15) is 0 Å². The average Bonchev–Trinajstić information content (AvgIpc) is 2.90. The predicted molar refractivity (Wildman–Crippen MR) is 149 cm³/mol. The lowest BCUT2D eigenvalue weighted by Gasteiger charge is -2.33. The molecule has 3 heteroatoms. The molecule has 0 saturated carbocycles. The summed E-state index contributed by atoms with van der Waals surface area (Å²) in [6.45, 7) is 4.54. The first-order valence-electron chi connectivity index (χ1n) is 12.2. The van der Waals surface area contributed by atoms with Crippen LogP contribution in [0.2, 0.25) is 0 Å². The van der Waals surface area contributed by atoms with E-state index in [2.05, 4.69) is 92.7 Å². The maximum Gasteiger partial charge on any atom is 0.150 e. The Balaban J connectivity index is 1.84. The molecular formula is C32H33O2P. The summed E-state index contributed by atoms with van der Waals surface area (Å²) in [5, 5.41) is 0.940. The van der Waals surface area contributed by atoms with Gasteiger partial charge in [0.05, 0.1) is 7.11 Å². The molecule has 0 aliphatic carbocycles. The van der Waals surface area contributed by atoms with Crippen LogP contribution in [0, 0.1) is 0 Å². The van der Waals surface area contributed by atoms with Crippen LogP contribution in [-0.4, -0.2) is 13.4 Å². The predicted octanol–water partition coefficient (Wildman–Crippen LogP) is 7.32. The molecule has 0 fully saturated rings. The molecule has 2 unspecified atom stereocenters. The van der Waals surface area contributed by atoms with E-state index in [0.717, 1.165) is 42.2 Å². The molecule has 178 valence electrons. The van der Waals surface area contributed by atoms with E-state index in [1.54, 1.807) is 7.11 Å². The number of hydrogen-bond acceptors (Lipinski definition) is 2. The molecule has 0 heterocycles. The summed E-state index contributed by atoms with van der Waals surface area (Å²) in [6.07, 6.45) is 3.60. The first-order valence-corrected chi connectivity index (χ1v) is 13.2. The zero-order valence-electron chi connectivity index (χ0n) is 20.8. The SMILES string of the molecule is CCC(C)(Pc1ccccc1C=O)c1cc(Cc2ccccc2)cc(Cc2ccccc2)c1OC. The minimum Gasteiger partial charge on any atom is -0.496 e. The van der Waals surface area contributed by atoms with Crippen molar-refractivity contribution in [2.24, 2.45) is 0 Å². The number of benzene rings is 4. The summed E-state index contributed by atoms with van der Waals surface area (Å²) in [4.78, 5) is 11.8. The van der Waals surface area contributed by atoms with Gasteiger partial charge in [-0.25, -0.2) is 0 Å². The molecule has 0 aliphatic rings. The van der Waals surface area contributed by atoms with E-state index in [0.29, 0.717) is 8.58 Å². The van der Waals surface area contributed by atoms with Crippen LogP contribution in [-0.2, 0) is 18.0 Å². The molecule has 0 amide bonds. The molecule has 2 atom stereocenters. The topological polar surface area (TPSA) is 26.3 Å². The maximum absolute atomic E-state index is 11.8. The van der Waals surface area contributed by atoms with Gasteiger partial charge in [-0.3, -0.25) is 4.79 Å². The summed E-state index contributed by atoms with van der Waals surface area (Å²) in [5.74, 6) is 0.964. The average molecular weight is 481 g/mol. The zero-order chi connectivity index (χ0) is 24.7. The van der Waals surface area contributed by atoms with Crippen molar-refractivity contribution in [2.75, 3.05) is 7.11 Å². The fourth-order valence-electron chi connectivity index (χ4n) is 4.64. The summed E-state index contributed by atoms with van der Waals surface area (Å²) in [6, 6.07) is 33.8. The van der Waals surface area contributed by atoms with Crippen molar-refractivity contribution in [1.29, 1.82) is 0 Å². The van der Waals surface area contributed by atoms with Gasteiger partial charge in [0.1, 0.15) is 5.75 Å². The van der Waals surface area contributed by atoms with Crippen molar-refractivity contribution >= 4 is 20.2 Å². The van der Waals surface area contributed by atoms with Gasteiger partial charge in [-0.15, -0.1) is 0 Å². The summed E-state index contributed by atoms with van der Waals surface area (Å²) >= 11 is 0. The molecule has 4 aromatic rings. The second kappa shape index (κ2) is 11.5. The maximum atomic E-state index is 11.8. The molecule has 0 saturated heterocycles. The number of methoxy groups -OCH3 is 1. The lowest BCUT2D eigenvalue weighted by atomic mass is 9.88. The van der Waals surface area contributed by atoms with Gasteiger partial charge in [0, 0.05) is 22.7 Å². The van der Waals surface area contributed by atoms with Gasteiger partial charge in [0.15, 0.2) is 6.29 Å². The minimum absolute atomic E-state index is 0.164. The van der Waals surface area contributed by atoms with E-state index in [4.69, 9.17) is 4.74 Å². The molecule has 0 aliphatic heterocycles. The Morgan fingerprint density at radius 1 is 0.800 bits per heavy atom. The van der Waals surface area contributed by atoms with E-state index in [9.17, 15) is 4.79 Å². The number of carbonyl (C=O) groups excluding carboxylic acids is 1. The molecule has 4 aromatic carbocycles. The van der Waals surface area contributed by atoms with E-state index in [1.807, 2.05) is 18.2 Å². The van der Waals surface area contributed by atoms with Gasteiger partial charge < -0.3 is 4.74 Å². The Hall–Kier alpha value is -3.22. The van der Waals surface area contributed by atoms with E-state index in [-0.39, 0.29) is 5.16 Å². The van der Waals surface area contributed by atoms with Crippen molar-refractivity contribution < 1.29 is 9.53 Å². The second-order valence-electron chi connectivity index (χ2n) is 9.18. The fraction of sp³-hybridized carbons (Fsp3) is 0.219. The van der Waals surface area contributed by atoms with Crippen LogP contribution in [0.1, 0.15) is 58.4 Å². The Morgan fingerprint density at radius 2 is 1.40 bits per heavy atom. The minimum atomic E-state index is -0.164. The highest BCUT2D eigenvalue weighted by molar-refractivity contribution is 7.48. The Kier molecular flexibility index (Phi) is 8.16. The Labute approximate surface area is 211 Å². The van der Waals surface area contributed by atoms with Gasteiger partial charge in [-0.05, 0) is 40.4 Å². The quantitative estimate of drug-likeness (QED) is 0.176. The van der Waals surface area contributed by atoms with E-state index < -0.39 is 0 Å². The molecule has 4 rings (SSSR count). The molecular weight excluding hydrogens is 447 g/mol. The largest absolute Gasteiger partial charge is 0.496 e. The van der Waals surface area contributed by atoms with Crippen molar-refractivity contribution in [3.8, 4) is 5.75 Å². The molecule has 0 spiro atoms. The highest BCUT2D eigenvalue weighted by atomic mass is 31.1. The number of carbonyl (C=O) groups is 1. The number of rotatable bonds is 10. The summed E-state index contributed by atoms with van der Waals surface area (Å²) in [5.41, 5.74) is 7.04. The van der Waals surface area contributed by atoms with E-state index >= 15 is 0 Å². The summed E-state index contributed by atoms with van der Waals surface area (Å²) in [7, 11) is 2.23. The lowest BCUT2D eigenvalue weighted by Crippen LogP contribution is -2.22. The van der Waals surface area contributed by atoms with Crippen molar-refractivity contribution in [3.05, 3.63) is 130 Å². The zero-order valence-corrected chi connectivity index (χ0v) is 21.8. The normalized spacial score (nSPS) is 13.0. The first kappa shape index (κ1) is 24.9. The Morgan fingerprint density at radius 3 is 2.00 bits per heavy atom. The van der Waals surface area contributed by atoms with Crippen LogP contribution in [0.25, 0.3) is 0 Å². The van der Waals surface area contributed by atoms with Crippen molar-refractivity contribution in [1.82, 2.24) is 0 Å². The fourth-order valence-corrected chi connectivity index (χ4v) is 6.20. The highest BCUT2D eigenvalue weighted by Gasteiger charge is 2.31. The third kappa shape index (κ3) is 5.89. The third-order valence-corrected chi connectivity index (χ3v) is 8.62. The molecule has 2 nitrogen and oxygen atoms in total. The molecule has 35 heavy (non-hydrogen) atoms. The van der Waals surface area contributed by atoms with Crippen LogP contribution in [0.15, 0.2) is 97.1 Å². The van der Waals surface area contributed by atoms with Gasteiger partial charge in [-0.1, -0.05) is 119 Å². The van der Waals surface area contributed by atoms with Crippen LogP contribution in [0.3, 0.4) is 0 Å². The second-order valence-corrected chi connectivity index (χ2v) is 11.1. The van der Waals surface area contributed by atoms with Crippen LogP contribution in [0.5, 0.6) is 5.75 Å². The first-order chi connectivity index (χ1) is 17.1. The monoisotopic (exact) mass is 480 g/mol.